The van der Waals surface area contributed by atoms with Gasteiger partial charge in [0.2, 0.25) is 10.0 Å². The van der Waals surface area contributed by atoms with E-state index in [0.29, 0.717) is 13.2 Å². The van der Waals surface area contributed by atoms with Crippen LogP contribution in [0.4, 0.5) is 4.39 Å². The number of morpholine rings is 1. The smallest absolute Gasteiger partial charge is 0.243 e. The Kier molecular flexibility index (Phi) is 3.68. The fourth-order valence-corrected chi connectivity index (χ4v) is 3.95. The molecule has 1 aromatic rings. The number of halogens is 1. The molecular formula is C13H18FNO3S. The zero-order valence-corrected chi connectivity index (χ0v) is 12.1. The number of benzene rings is 1. The number of sulfonamides is 1. The Bertz CT molecular complexity index is 554. The van der Waals surface area contributed by atoms with E-state index in [1.165, 1.54) is 16.4 Å². The summed E-state index contributed by atoms with van der Waals surface area (Å²) in [6, 6.07) is 4.90. The summed E-state index contributed by atoms with van der Waals surface area (Å²) in [5.74, 6) is -0.450. The molecule has 2 rings (SSSR count). The maximum atomic E-state index is 12.9. The minimum absolute atomic E-state index is 0.107. The van der Waals surface area contributed by atoms with E-state index in [0.717, 1.165) is 12.1 Å². The van der Waals surface area contributed by atoms with Gasteiger partial charge in [-0.2, -0.15) is 4.31 Å². The topological polar surface area (TPSA) is 46.6 Å². The molecular weight excluding hydrogens is 269 g/mol. The molecule has 1 saturated heterocycles. The quantitative estimate of drug-likeness (QED) is 0.836. The van der Waals surface area contributed by atoms with Gasteiger partial charge in [0.1, 0.15) is 5.82 Å². The fourth-order valence-electron chi connectivity index (χ4n) is 2.11. The summed E-state index contributed by atoms with van der Waals surface area (Å²) in [5, 5.41) is 0. The van der Waals surface area contributed by atoms with Crippen LogP contribution < -0.4 is 0 Å². The van der Waals surface area contributed by atoms with Gasteiger partial charge in [0, 0.05) is 6.54 Å². The van der Waals surface area contributed by atoms with Crippen LogP contribution in [0.3, 0.4) is 0 Å². The van der Waals surface area contributed by atoms with E-state index in [4.69, 9.17) is 4.74 Å². The molecule has 4 nitrogen and oxygen atoms in total. The Labute approximate surface area is 113 Å². The summed E-state index contributed by atoms with van der Waals surface area (Å²) in [6.07, 6.45) is -0.150. The summed E-state index contributed by atoms with van der Waals surface area (Å²) in [7, 11) is -3.63. The van der Waals surface area contributed by atoms with Crippen molar-refractivity contribution in [2.45, 2.75) is 37.3 Å². The molecule has 0 bridgehead atoms. The third-order valence-electron chi connectivity index (χ3n) is 3.22. The van der Waals surface area contributed by atoms with Crippen molar-refractivity contribution in [2.24, 2.45) is 0 Å². The van der Waals surface area contributed by atoms with E-state index >= 15 is 0 Å². The van der Waals surface area contributed by atoms with Gasteiger partial charge in [-0.1, -0.05) is 0 Å². The van der Waals surface area contributed by atoms with E-state index in [1.807, 2.05) is 20.8 Å². The molecule has 0 aromatic heterocycles. The van der Waals surface area contributed by atoms with Crippen molar-refractivity contribution in [1.29, 1.82) is 0 Å². The van der Waals surface area contributed by atoms with Gasteiger partial charge >= 0.3 is 0 Å². The molecule has 0 aliphatic carbocycles. The third-order valence-corrected chi connectivity index (χ3v) is 5.31. The lowest BCUT2D eigenvalue weighted by molar-refractivity contribution is -0.0551. The van der Waals surface area contributed by atoms with E-state index in [-0.39, 0.29) is 11.0 Å². The molecule has 19 heavy (non-hydrogen) atoms. The van der Waals surface area contributed by atoms with Crippen LogP contribution in [0.5, 0.6) is 0 Å². The Morgan fingerprint density at radius 2 is 1.89 bits per heavy atom. The van der Waals surface area contributed by atoms with E-state index < -0.39 is 21.4 Å². The second kappa shape index (κ2) is 4.85. The molecule has 0 saturated carbocycles. The average molecular weight is 287 g/mol. The van der Waals surface area contributed by atoms with Gasteiger partial charge in [0.05, 0.1) is 23.1 Å². The maximum Gasteiger partial charge on any atom is 0.243 e. The minimum Gasteiger partial charge on any atom is -0.375 e. The normalized spacial score (nSPS) is 24.3. The van der Waals surface area contributed by atoms with Gasteiger partial charge in [0.25, 0.3) is 0 Å². The molecule has 0 N–H and O–H groups in total. The van der Waals surface area contributed by atoms with Gasteiger partial charge in [-0.05, 0) is 45.0 Å². The van der Waals surface area contributed by atoms with Crippen molar-refractivity contribution in [2.75, 3.05) is 13.2 Å². The highest BCUT2D eigenvalue weighted by Crippen LogP contribution is 2.29. The van der Waals surface area contributed by atoms with Crippen molar-refractivity contribution >= 4 is 10.0 Å². The van der Waals surface area contributed by atoms with Crippen molar-refractivity contribution in [3.63, 3.8) is 0 Å². The molecule has 1 aromatic carbocycles. The molecule has 0 amide bonds. The first-order chi connectivity index (χ1) is 8.73. The largest absolute Gasteiger partial charge is 0.375 e. The Hall–Kier alpha value is -0.980. The average Bonchev–Trinajstić information content (AvgIpc) is 2.33. The molecule has 6 heteroatoms. The predicted molar refractivity (Wildman–Crippen MR) is 69.8 cm³/mol. The highest BCUT2D eigenvalue weighted by atomic mass is 32.2. The zero-order chi connectivity index (χ0) is 14.3. The molecule has 0 spiro atoms. The van der Waals surface area contributed by atoms with Crippen LogP contribution >= 0.6 is 0 Å². The summed E-state index contributed by atoms with van der Waals surface area (Å²) < 4.78 is 45.1. The van der Waals surface area contributed by atoms with Crippen LogP contribution in [-0.2, 0) is 14.8 Å². The fraction of sp³-hybridized carbons (Fsp3) is 0.538. The van der Waals surface area contributed by atoms with Crippen molar-refractivity contribution in [3.8, 4) is 0 Å². The third kappa shape index (κ3) is 2.80. The van der Waals surface area contributed by atoms with Gasteiger partial charge in [-0.25, -0.2) is 12.8 Å². The first kappa shape index (κ1) is 14.4. The first-order valence-electron chi connectivity index (χ1n) is 6.13. The van der Waals surface area contributed by atoms with E-state index in [2.05, 4.69) is 0 Å². The van der Waals surface area contributed by atoms with Crippen LogP contribution in [0.15, 0.2) is 29.2 Å². The van der Waals surface area contributed by atoms with Crippen LogP contribution in [0.2, 0.25) is 0 Å². The number of nitrogens with zero attached hydrogens (tertiary/aromatic N) is 1. The Morgan fingerprint density at radius 3 is 2.47 bits per heavy atom. The lowest BCUT2D eigenvalue weighted by Crippen LogP contribution is -2.57. The molecule has 1 aliphatic rings. The summed E-state index contributed by atoms with van der Waals surface area (Å²) in [5.41, 5.74) is -0.611. The molecule has 106 valence electrons. The summed E-state index contributed by atoms with van der Waals surface area (Å²) in [4.78, 5) is 0.107. The maximum absolute atomic E-state index is 12.9. The number of rotatable bonds is 2. The first-order valence-corrected chi connectivity index (χ1v) is 7.57. The van der Waals surface area contributed by atoms with Crippen LogP contribution in [0, 0.1) is 5.82 Å². The molecule has 1 heterocycles. The van der Waals surface area contributed by atoms with Crippen molar-refractivity contribution < 1.29 is 17.5 Å². The van der Waals surface area contributed by atoms with Crippen LogP contribution in [0.1, 0.15) is 20.8 Å². The summed E-state index contributed by atoms with van der Waals surface area (Å²) in [6.45, 7) is 6.11. The number of hydrogen-bond acceptors (Lipinski definition) is 3. The zero-order valence-electron chi connectivity index (χ0n) is 11.3. The van der Waals surface area contributed by atoms with Gasteiger partial charge in [0.15, 0.2) is 0 Å². The second-order valence-corrected chi connectivity index (χ2v) is 7.29. The monoisotopic (exact) mass is 287 g/mol. The van der Waals surface area contributed by atoms with E-state index in [9.17, 15) is 12.8 Å². The standard InChI is InChI=1S/C13H18FNO3S/c1-10-8-15(13(2,3)9-18-10)19(16,17)12-6-4-11(14)5-7-12/h4-7,10H,8-9H2,1-3H3. The van der Waals surface area contributed by atoms with Crippen molar-refractivity contribution in [3.05, 3.63) is 30.1 Å². The molecule has 1 atom stereocenters. The Balaban J connectivity index is 2.40. The highest BCUT2D eigenvalue weighted by Gasteiger charge is 2.41. The summed E-state index contributed by atoms with van der Waals surface area (Å²) >= 11 is 0. The van der Waals surface area contributed by atoms with E-state index in [1.54, 1.807) is 0 Å². The number of hydrogen-bond donors (Lipinski definition) is 0. The van der Waals surface area contributed by atoms with Gasteiger partial charge < -0.3 is 4.74 Å². The van der Waals surface area contributed by atoms with Crippen LogP contribution in [0.25, 0.3) is 0 Å². The SMILES string of the molecule is CC1CN(S(=O)(=O)c2ccc(F)cc2)C(C)(C)CO1. The van der Waals surface area contributed by atoms with Crippen LogP contribution in [-0.4, -0.2) is 37.5 Å². The predicted octanol–water partition coefficient (Wildman–Crippen LogP) is 2.01. The molecule has 1 fully saturated rings. The lowest BCUT2D eigenvalue weighted by Gasteiger charge is -2.43. The van der Waals surface area contributed by atoms with Crippen molar-refractivity contribution in [1.82, 2.24) is 4.31 Å². The molecule has 1 aliphatic heterocycles. The Morgan fingerprint density at radius 1 is 1.32 bits per heavy atom. The minimum atomic E-state index is -3.63. The second-order valence-electron chi connectivity index (χ2n) is 5.42. The molecule has 1 unspecified atom stereocenters. The van der Waals surface area contributed by atoms with Gasteiger partial charge in [-0.3, -0.25) is 0 Å². The molecule has 0 radical (unpaired) electrons. The lowest BCUT2D eigenvalue weighted by atomic mass is 10.1. The highest BCUT2D eigenvalue weighted by molar-refractivity contribution is 7.89. The van der Waals surface area contributed by atoms with Gasteiger partial charge in [-0.15, -0.1) is 0 Å². The number of ether oxygens (including phenoxy) is 1.